The molecule has 1 amide bonds. The third-order valence-electron chi connectivity index (χ3n) is 5.85. The van der Waals surface area contributed by atoms with E-state index in [1.165, 1.54) is 36.9 Å². The molecule has 2 fully saturated rings. The minimum atomic E-state index is 0.0547. The van der Waals surface area contributed by atoms with Crippen molar-refractivity contribution in [1.82, 2.24) is 5.32 Å². The average Bonchev–Trinajstić information content (AvgIpc) is 3.09. The molecule has 3 heteroatoms. The van der Waals surface area contributed by atoms with Gasteiger partial charge in [0.15, 0.2) is 0 Å². The number of hydrogen-bond donors (Lipinski definition) is 2. The van der Waals surface area contributed by atoms with E-state index in [0.29, 0.717) is 6.04 Å². The summed E-state index contributed by atoms with van der Waals surface area (Å²) in [6.45, 7) is 2.13. The van der Waals surface area contributed by atoms with Crippen LogP contribution >= 0.6 is 0 Å². The Balaban J connectivity index is 1.45. The van der Waals surface area contributed by atoms with Gasteiger partial charge in [-0.1, -0.05) is 24.6 Å². The molecule has 1 heterocycles. The van der Waals surface area contributed by atoms with Gasteiger partial charge in [-0.05, 0) is 56.1 Å². The Labute approximate surface area is 126 Å². The summed E-state index contributed by atoms with van der Waals surface area (Å²) < 4.78 is 0. The van der Waals surface area contributed by atoms with Gasteiger partial charge in [0, 0.05) is 17.8 Å². The normalized spacial score (nSPS) is 36.9. The van der Waals surface area contributed by atoms with Crippen LogP contribution in [-0.2, 0) is 11.2 Å². The molecule has 21 heavy (non-hydrogen) atoms. The van der Waals surface area contributed by atoms with Gasteiger partial charge in [0.2, 0.25) is 5.91 Å². The van der Waals surface area contributed by atoms with Crippen LogP contribution < -0.4 is 10.6 Å². The largest absolute Gasteiger partial charge is 0.382 e. The van der Waals surface area contributed by atoms with Crippen LogP contribution in [0, 0.1) is 17.8 Å². The van der Waals surface area contributed by atoms with E-state index in [-0.39, 0.29) is 17.9 Å². The topological polar surface area (TPSA) is 41.1 Å². The van der Waals surface area contributed by atoms with Gasteiger partial charge in [0.1, 0.15) is 0 Å². The monoisotopic (exact) mass is 284 g/mol. The molecule has 5 atom stereocenters. The molecule has 1 aliphatic heterocycles. The fourth-order valence-electron chi connectivity index (χ4n) is 4.63. The van der Waals surface area contributed by atoms with E-state index in [0.717, 1.165) is 18.3 Å². The average molecular weight is 284 g/mol. The van der Waals surface area contributed by atoms with Crippen molar-refractivity contribution in [3.05, 3.63) is 29.8 Å². The number of hydrogen-bond acceptors (Lipinski definition) is 2. The molecule has 2 aliphatic carbocycles. The molecule has 2 saturated carbocycles. The maximum atomic E-state index is 12.7. The van der Waals surface area contributed by atoms with Gasteiger partial charge in [-0.25, -0.2) is 0 Å². The van der Waals surface area contributed by atoms with E-state index in [1.54, 1.807) is 0 Å². The minimum absolute atomic E-state index is 0.0547. The van der Waals surface area contributed by atoms with Gasteiger partial charge in [0.25, 0.3) is 0 Å². The molecule has 0 radical (unpaired) electrons. The second-order valence-corrected chi connectivity index (χ2v) is 7.19. The zero-order chi connectivity index (χ0) is 14.4. The van der Waals surface area contributed by atoms with E-state index >= 15 is 0 Å². The van der Waals surface area contributed by atoms with Crippen molar-refractivity contribution in [3.8, 4) is 0 Å². The van der Waals surface area contributed by atoms with Gasteiger partial charge in [-0.15, -0.1) is 0 Å². The number of fused-ring (bicyclic) bond motifs is 3. The zero-order valence-corrected chi connectivity index (χ0v) is 12.6. The predicted molar refractivity (Wildman–Crippen MR) is 84.1 cm³/mol. The predicted octanol–water partition coefficient (Wildman–Crippen LogP) is 2.96. The van der Waals surface area contributed by atoms with Gasteiger partial charge in [0.05, 0.1) is 5.92 Å². The number of rotatable bonds is 2. The lowest BCUT2D eigenvalue weighted by Gasteiger charge is -2.33. The van der Waals surface area contributed by atoms with Crippen LogP contribution in [0.5, 0.6) is 0 Å². The summed E-state index contributed by atoms with van der Waals surface area (Å²) in [4.78, 5) is 12.7. The Kier molecular flexibility index (Phi) is 3.16. The van der Waals surface area contributed by atoms with Gasteiger partial charge < -0.3 is 10.6 Å². The van der Waals surface area contributed by atoms with Crippen molar-refractivity contribution in [2.75, 3.05) is 5.32 Å². The van der Waals surface area contributed by atoms with Crippen molar-refractivity contribution in [3.63, 3.8) is 0 Å². The molecule has 0 aromatic heterocycles. The molecule has 112 valence electrons. The molecule has 0 saturated heterocycles. The summed E-state index contributed by atoms with van der Waals surface area (Å²) in [6, 6.07) is 9.00. The van der Waals surface area contributed by atoms with Crippen molar-refractivity contribution in [1.29, 1.82) is 0 Å². The molecule has 1 aromatic rings. The summed E-state index contributed by atoms with van der Waals surface area (Å²) in [5.41, 5.74) is 2.46. The van der Waals surface area contributed by atoms with Gasteiger partial charge in [-0.3, -0.25) is 4.79 Å². The second-order valence-electron chi connectivity index (χ2n) is 7.19. The molecular formula is C18H24N2O. The number of para-hydroxylation sites is 1. The number of carbonyl (C=O) groups is 1. The van der Waals surface area contributed by atoms with Gasteiger partial charge >= 0.3 is 0 Å². The van der Waals surface area contributed by atoms with E-state index in [9.17, 15) is 4.79 Å². The van der Waals surface area contributed by atoms with E-state index in [1.807, 2.05) is 6.07 Å². The number of carbonyl (C=O) groups excluding carboxylic acids is 1. The molecule has 0 spiro atoms. The number of anilines is 1. The van der Waals surface area contributed by atoms with E-state index in [2.05, 4.69) is 35.8 Å². The first kappa shape index (κ1) is 13.2. The summed E-state index contributed by atoms with van der Waals surface area (Å²) in [5, 5.41) is 6.85. The Bertz CT molecular complexity index is 556. The lowest BCUT2D eigenvalue weighted by atomic mass is 9.86. The lowest BCUT2D eigenvalue weighted by molar-refractivity contribution is -0.126. The van der Waals surface area contributed by atoms with Crippen molar-refractivity contribution >= 4 is 11.6 Å². The first-order chi connectivity index (χ1) is 10.2. The van der Waals surface area contributed by atoms with Crippen LogP contribution in [0.25, 0.3) is 0 Å². The van der Waals surface area contributed by atoms with Crippen LogP contribution in [0.2, 0.25) is 0 Å². The second kappa shape index (κ2) is 5.04. The maximum absolute atomic E-state index is 12.7. The molecule has 2 N–H and O–H groups in total. The highest BCUT2D eigenvalue weighted by atomic mass is 16.2. The Hall–Kier alpha value is -1.51. The quantitative estimate of drug-likeness (QED) is 0.876. The Morgan fingerprint density at radius 1 is 1.24 bits per heavy atom. The van der Waals surface area contributed by atoms with Crippen molar-refractivity contribution < 1.29 is 4.79 Å². The molecule has 1 aromatic carbocycles. The first-order valence-corrected chi connectivity index (χ1v) is 8.35. The van der Waals surface area contributed by atoms with Crippen LogP contribution in [0.4, 0.5) is 5.69 Å². The molecule has 3 nitrogen and oxygen atoms in total. The maximum Gasteiger partial charge on any atom is 0.225 e. The number of nitrogens with one attached hydrogen (secondary N) is 2. The van der Waals surface area contributed by atoms with Gasteiger partial charge in [-0.2, -0.15) is 0 Å². The standard InChI is InChI=1S/C18H24N2O/c1-11-15(10-13-4-2-3-5-16(13)19-11)18(21)20-17-9-12-6-7-14(17)8-12/h2-5,11-12,14-15,17,19H,6-10H2,1H3,(H,20,21). The SMILES string of the molecule is CC1Nc2ccccc2CC1C(=O)NC1CC2CCC1C2. The minimum Gasteiger partial charge on any atom is -0.382 e. The third kappa shape index (κ3) is 2.33. The highest BCUT2D eigenvalue weighted by Crippen LogP contribution is 2.44. The number of amides is 1. The van der Waals surface area contributed by atoms with E-state index in [4.69, 9.17) is 0 Å². The molecule has 3 aliphatic rings. The molecule has 2 bridgehead atoms. The summed E-state index contributed by atoms with van der Waals surface area (Å²) in [6.07, 6.45) is 6.10. The van der Waals surface area contributed by atoms with Crippen molar-refractivity contribution in [2.24, 2.45) is 17.8 Å². The summed E-state index contributed by atoms with van der Waals surface area (Å²) in [7, 11) is 0. The van der Waals surface area contributed by atoms with Crippen LogP contribution in [0.1, 0.15) is 38.2 Å². The fraction of sp³-hybridized carbons (Fsp3) is 0.611. The molecule has 4 rings (SSSR count). The smallest absolute Gasteiger partial charge is 0.225 e. The Morgan fingerprint density at radius 2 is 2.10 bits per heavy atom. The molecule has 5 unspecified atom stereocenters. The fourth-order valence-corrected chi connectivity index (χ4v) is 4.63. The molecular weight excluding hydrogens is 260 g/mol. The van der Waals surface area contributed by atoms with Crippen LogP contribution in [0.3, 0.4) is 0 Å². The van der Waals surface area contributed by atoms with Crippen LogP contribution in [0.15, 0.2) is 24.3 Å². The Morgan fingerprint density at radius 3 is 2.86 bits per heavy atom. The zero-order valence-electron chi connectivity index (χ0n) is 12.6. The third-order valence-corrected chi connectivity index (χ3v) is 5.85. The number of benzene rings is 1. The summed E-state index contributed by atoms with van der Waals surface area (Å²) >= 11 is 0. The lowest BCUT2D eigenvalue weighted by Crippen LogP contribution is -2.48. The van der Waals surface area contributed by atoms with Crippen LogP contribution in [-0.4, -0.2) is 18.0 Å². The summed E-state index contributed by atoms with van der Waals surface area (Å²) in [5.74, 6) is 1.93. The first-order valence-electron chi connectivity index (χ1n) is 8.35. The van der Waals surface area contributed by atoms with Crippen molar-refractivity contribution in [2.45, 2.75) is 51.1 Å². The highest BCUT2D eigenvalue weighted by Gasteiger charge is 2.41. The highest BCUT2D eigenvalue weighted by molar-refractivity contribution is 5.81. The van der Waals surface area contributed by atoms with E-state index < -0.39 is 0 Å².